The molecule has 0 saturated carbocycles. The van der Waals surface area contributed by atoms with Crippen LogP contribution < -0.4 is 15.4 Å². The number of nitrogens with one attached hydrogen (secondary N) is 2. The quantitative estimate of drug-likeness (QED) is 0.531. The fourth-order valence-electron chi connectivity index (χ4n) is 2.29. The number of carbonyl (C=O) groups excluding carboxylic acids is 1. The Balaban J connectivity index is 1.79. The minimum atomic E-state index is -0.484. The minimum absolute atomic E-state index is 0.0198. The zero-order chi connectivity index (χ0) is 18.9. The highest BCUT2D eigenvalue weighted by Crippen LogP contribution is 2.17. The number of nitro groups is 1. The third-order valence-electron chi connectivity index (χ3n) is 3.87. The Hall–Kier alpha value is -3.09. The van der Waals surface area contributed by atoms with Crippen LogP contribution in [0.3, 0.4) is 0 Å². The summed E-state index contributed by atoms with van der Waals surface area (Å²) in [7, 11) is 0. The normalized spacial score (nSPS) is 11.7. The number of hydrogen-bond acceptors (Lipinski definition) is 5. The van der Waals surface area contributed by atoms with E-state index in [0.29, 0.717) is 18.2 Å². The number of para-hydroxylation sites is 1. The van der Waals surface area contributed by atoms with Gasteiger partial charge in [-0.25, -0.2) is 0 Å². The zero-order valence-electron chi connectivity index (χ0n) is 14.8. The summed E-state index contributed by atoms with van der Waals surface area (Å²) in [6.45, 7) is 4.49. The summed E-state index contributed by atoms with van der Waals surface area (Å²) in [5, 5.41) is 16.9. The molecule has 2 N–H and O–H groups in total. The van der Waals surface area contributed by atoms with Crippen LogP contribution in [0.2, 0.25) is 0 Å². The van der Waals surface area contributed by atoms with Crippen molar-refractivity contribution in [3.63, 3.8) is 0 Å². The molecule has 0 heterocycles. The molecule has 0 spiro atoms. The molecule has 0 fully saturated rings. The number of hydrogen-bond donors (Lipinski definition) is 2. The number of nitrogens with zero attached hydrogens (tertiary/aromatic N) is 1. The Labute approximate surface area is 152 Å². The van der Waals surface area contributed by atoms with Gasteiger partial charge in [0.2, 0.25) is 0 Å². The number of nitro benzene ring substituents is 1. The largest absolute Gasteiger partial charge is 0.484 e. The third-order valence-corrected chi connectivity index (χ3v) is 3.87. The van der Waals surface area contributed by atoms with Crippen LogP contribution in [0.15, 0.2) is 54.6 Å². The molecule has 1 amide bonds. The summed E-state index contributed by atoms with van der Waals surface area (Å²) >= 11 is 0. The second-order valence-corrected chi connectivity index (χ2v) is 6.20. The molecule has 7 heteroatoms. The highest BCUT2D eigenvalue weighted by molar-refractivity contribution is 5.77. The smallest absolute Gasteiger partial charge is 0.269 e. The van der Waals surface area contributed by atoms with Crippen LogP contribution in [0.5, 0.6) is 5.75 Å². The Kier molecular flexibility index (Phi) is 6.96. The molecular formula is C19H23N3O4. The van der Waals surface area contributed by atoms with E-state index in [9.17, 15) is 14.9 Å². The monoisotopic (exact) mass is 357 g/mol. The second-order valence-electron chi connectivity index (χ2n) is 6.20. The van der Waals surface area contributed by atoms with E-state index >= 15 is 0 Å². The molecule has 7 nitrogen and oxygen atoms in total. The van der Waals surface area contributed by atoms with Crippen molar-refractivity contribution in [2.45, 2.75) is 19.9 Å². The Bertz CT molecular complexity index is 717. The molecule has 0 radical (unpaired) electrons. The Morgan fingerprint density at radius 2 is 1.77 bits per heavy atom. The fourth-order valence-corrected chi connectivity index (χ4v) is 2.29. The predicted octanol–water partition coefficient (Wildman–Crippen LogP) is 3.23. The first-order chi connectivity index (χ1) is 12.5. The molecule has 1 unspecified atom stereocenters. The molecule has 1 atom stereocenters. The molecule has 2 aromatic rings. The molecule has 0 bridgehead atoms. The van der Waals surface area contributed by atoms with Gasteiger partial charge in [0.1, 0.15) is 5.75 Å². The molecule has 0 aliphatic heterocycles. The van der Waals surface area contributed by atoms with E-state index in [2.05, 4.69) is 24.5 Å². The van der Waals surface area contributed by atoms with E-state index < -0.39 is 4.92 Å². The number of anilines is 1. The maximum absolute atomic E-state index is 12.0. The number of non-ortho nitro benzene ring substituents is 1. The molecule has 2 rings (SSSR count). The zero-order valence-corrected chi connectivity index (χ0v) is 14.8. The van der Waals surface area contributed by atoms with Crippen molar-refractivity contribution < 1.29 is 14.5 Å². The highest BCUT2D eigenvalue weighted by atomic mass is 16.6. The summed E-state index contributed by atoms with van der Waals surface area (Å²) in [5.41, 5.74) is 0.983. The van der Waals surface area contributed by atoms with Crippen molar-refractivity contribution in [2.24, 2.45) is 5.92 Å². The van der Waals surface area contributed by atoms with Crippen LogP contribution in [0.1, 0.15) is 13.8 Å². The molecular weight excluding hydrogens is 334 g/mol. The van der Waals surface area contributed by atoms with Crippen LogP contribution in [0.25, 0.3) is 0 Å². The highest BCUT2D eigenvalue weighted by Gasteiger charge is 2.15. The maximum atomic E-state index is 12.0. The van der Waals surface area contributed by atoms with Gasteiger partial charge < -0.3 is 15.4 Å². The van der Waals surface area contributed by atoms with E-state index in [-0.39, 0.29) is 24.2 Å². The van der Waals surface area contributed by atoms with E-state index in [0.717, 1.165) is 5.69 Å². The first kappa shape index (κ1) is 19.2. The average Bonchev–Trinajstić information content (AvgIpc) is 2.64. The average molecular weight is 357 g/mol. The Morgan fingerprint density at radius 3 is 2.35 bits per heavy atom. The molecule has 138 valence electrons. The number of ether oxygens (including phenoxy) is 1. The predicted molar refractivity (Wildman–Crippen MR) is 100 cm³/mol. The van der Waals surface area contributed by atoms with Crippen LogP contribution in [-0.4, -0.2) is 30.0 Å². The van der Waals surface area contributed by atoms with Crippen molar-refractivity contribution >= 4 is 17.3 Å². The first-order valence-electron chi connectivity index (χ1n) is 8.41. The van der Waals surface area contributed by atoms with Crippen LogP contribution >= 0.6 is 0 Å². The van der Waals surface area contributed by atoms with Crippen molar-refractivity contribution in [3.05, 3.63) is 64.7 Å². The van der Waals surface area contributed by atoms with E-state index in [1.54, 1.807) is 0 Å². The summed E-state index contributed by atoms with van der Waals surface area (Å²) in [6, 6.07) is 15.5. The van der Waals surface area contributed by atoms with Gasteiger partial charge in [-0.15, -0.1) is 0 Å². The SMILES string of the molecule is CC(C)C(CNC(=O)COc1ccc([N+](=O)[O-])cc1)Nc1ccccc1. The van der Waals surface area contributed by atoms with Crippen molar-refractivity contribution in [1.82, 2.24) is 5.32 Å². The number of amides is 1. The summed E-state index contributed by atoms with van der Waals surface area (Å²) < 4.78 is 5.36. The summed E-state index contributed by atoms with van der Waals surface area (Å²) in [5.74, 6) is 0.489. The second kappa shape index (κ2) is 9.41. The first-order valence-corrected chi connectivity index (χ1v) is 8.41. The molecule has 0 aliphatic carbocycles. The Morgan fingerprint density at radius 1 is 1.12 bits per heavy atom. The minimum Gasteiger partial charge on any atom is -0.484 e. The summed E-state index contributed by atoms with van der Waals surface area (Å²) in [4.78, 5) is 22.1. The van der Waals surface area contributed by atoms with Gasteiger partial charge in [0.05, 0.1) is 4.92 Å². The lowest BCUT2D eigenvalue weighted by molar-refractivity contribution is -0.384. The van der Waals surface area contributed by atoms with Gasteiger partial charge in [0.25, 0.3) is 11.6 Å². The van der Waals surface area contributed by atoms with Crippen molar-refractivity contribution in [2.75, 3.05) is 18.5 Å². The van der Waals surface area contributed by atoms with Gasteiger partial charge in [-0.05, 0) is 30.2 Å². The van der Waals surface area contributed by atoms with Gasteiger partial charge in [0.15, 0.2) is 6.61 Å². The third kappa shape index (κ3) is 6.08. The van der Waals surface area contributed by atoms with Crippen LogP contribution in [-0.2, 0) is 4.79 Å². The molecule has 26 heavy (non-hydrogen) atoms. The lowest BCUT2D eigenvalue weighted by atomic mass is 10.0. The van der Waals surface area contributed by atoms with Gasteiger partial charge in [-0.2, -0.15) is 0 Å². The van der Waals surface area contributed by atoms with Crippen LogP contribution in [0, 0.1) is 16.0 Å². The van der Waals surface area contributed by atoms with Gasteiger partial charge in [-0.3, -0.25) is 14.9 Å². The molecule has 0 aliphatic rings. The van der Waals surface area contributed by atoms with Crippen LogP contribution in [0.4, 0.5) is 11.4 Å². The molecule has 0 saturated heterocycles. The lowest BCUT2D eigenvalue weighted by Gasteiger charge is -2.24. The maximum Gasteiger partial charge on any atom is 0.269 e. The summed E-state index contributed by atoms with van der Waals surface area (Å²) in [6.07, 6.45) is 0. The number of rotatable bonds is 9. The van der Waals surface area contributed by atoms with E-state index in [1.807, 2.05) is 30.3 Å². The lowest BCUT2D eigenvalue weighted by Crippen LogP contribution is -2.41. The standard InChI is InChI=1S/C19H23N3O4/c1-14(2)18(21-15-6-4-3-5-7-15)12-20-19(23)13-26-17-10-8-16(9-11-17)22(24)25/h3-11,14,18,21H,12-13H2,1-2H3,(H,20,23). The number of carbonyl (C=O) groups is 1. The van der Waals surface area contributed by atoms with Crippen molar-refractivity contribution in [3.8, 4) is 5.75 Å². The topological polar surface area (TPSA) is 93.5 Å². The van der Waals surface area contributed by atoms with E-state index in [1.165, 1.54) is 24.3 Å². The van der Waals surface area contributed by atoms with E-state index in [4.69, 9.17) is 4.74 Å². The molecule has 2 aromatic carbocycles. The fraction of sp³-hybridized carbons (Fsp3) is 0.316. The van der Waals surface area contributed by atoms with Gasteiger partial charge in [0, 0.05) is 30.4 Å². The van der Waals surface area contributed by atoms with Gasteiger partial charge in [-0.1, -0.05) is 32.0 Å². The van der Waals surface area contributed by atoms with Crippen molar-refractivity contribution in [1.29, 1.82) is 0 Å². The van der Waals surface area contributed by atoms with Gasteiger partial charge >= 0.3 is 0 Å². The number of benzene rings is 2. The molecule has 0 aromatic heterocycles.